The van der Waals surface area contributed by atoms with Crippen molar-refractivity contribution in [1.82, 2.24) is 10.2 Å². The highest BCUT2D eigenvalue weighted by Gasteiger charge is 2.33. The molecule has 0 bridgehead atoms. The van der Waals surface area contributed by atoms with Crippen molar-refractivity contribution in [2.75, 3.05) is 19.6 Å². The third-order valence-corrected chi connectivity index (χ3v) is 5.05. The maximum atomic E-state index is 3.62. The molecule has 2 rings (SSSR count). The first kappa shape index (κ1) is 12.4. The van der Waals surface area contributed by atoms with Crippen LogP contribution in [0.5, 0.6) is 0 Å². The van der Waals surface area contributed by atoms with Gasteiger partial charge in [0.2, 0.25) is 0 Å². The summed E-state index contributed by atoms with van der Waals surface area (Å²) in [5, 5.41) is 3.62. The molecule has 0 aromatic carbocycles. The van der Waals surface area contributed by atoms with Crippen molar-refractivity contribution in [3.63, 3.8) is 0 Å². The van der Waals surface area contributed by atoms with Gasteiger partial charge in [-0.05, 0) is 57.7 Å². The minimum Gasteiger partial charge on any atom is -0.313 e. The van der Waals surface area contributed by atoms with Crippen LogP contribution < -0.4 is 5.32 Å². The van der Waals surface area contributed by atoms with Gasteiger partial charge in [0.25, 0.3) is 0 Å². The summed E-state index contributed by atoms with van der Waals surface area (Å²) in [6.45, 7) is 11.0. The second-order valence-corrected chi connectivity index (χ2v) is 6.15. The molecular weight excluding hydrogens is 196 g/mol. The number of likely N-dealkylation sites (tertiary alicyclic amines) is 1. The fourth-order valence-electron chi connectivity index (χ4n) is 3.27. The van der Waals surface area contributed by atoms with E-state index in [1.807, 2.05) is 0 Å². The minimum atomic E-state index is 0.627. The zero-order chi connectivity index (χ0) is 11.6. The van der Waals surface area contributed by atoms with Crippen LogP contribution in [-0.2, 0) is 0 Å². The average Bonchev–Trinajstić information content (AvgIpc) is 2.31. The van der Waals surface area contributed by atoms with Crippen molar-refractivity contribution in [2.45, 2.75) is 65.0 Å². The lowest BCUT2D eigenvalue weighted by atomic mass is 9.77. The monoisotopic (exact) mass is 224 g/mol. The highest BCUT2D eigenvalue weighted by atomic mass is 15.2. The van der Waals surface area contributed by atoms with Crippen LogP contribution in [0.4, 0.5) is 0 Å². The second-order valence-electron chi connectivity index (χ2n) is 6.15. The summed E-state index contributed by atoms with van der Waals surface area (Å²) in [6.07, 6.45) is 6.90. The third kappa shape index (κ3) is 2.60. The van der Waals surface area contributed by atoms with Crippen LogP contribution in [0.2, 0.25) is 0 Å². The maximum Gasteiger partial charge on any atom is 0.0247 e. The Morgan fingerprint density at radius 2 is 2.00 bits per heavy atom. The minimum absolute atomic E-state index is 0.627. The Bertz CT molecular complexity index is 219. The van der Waals surface area contributed by atoms with Crippen molar-refractivity contribution in [3.05, 3.63) is 0 Å². The molecule has 94 valence electrons. The molecule has 16 heavy (non-hydrogen) atoms. The summed E-state index contributed by atoms with van der Waals surface area (Å²) in [5.41, 5.74) is 0.627. The number of hydrogen-bond donors (Lipinski definition) is 1. The molecular formula is C14H28N2. The Labute approximate surface area is 101 Å². The van der Waals surface area contributed by atoms with Gasteiger partial charge in [0.05, 0.1) is 0 Å². The largest absolute Gasteiger partial charge is 0.313 e. The van der Waals surface area contributed by atoms with Crippen LogP contribution in [-0.4, -0.2) is 36.6 Å². The second kappa shape index (κ2) is 5.05. The number of nitrogens with one attached hydrogen (secondary N) is 1. The fourth-order valence-corrected chi connectivity index (χ4v) is 3.27. The number of piperidine rings is 2. The summed E-state index contributed by atoms with van der Waals surface area (Å²) in [5.74, 6) is 0. The van der Waals surface area contributed by atoms with Gasteiger partial charge in [-0.1, -0.05) is 20.3 Å². The molecule has 0 aliphatic carbocycles. The molecule has 2 saturated heterocycles. The Morgan fingerprint density at radius 3 is 2.56 bits per heavy atom. The van der Waals surface area contributed by atoms with Crippen molar-refractivity contribution in [3.8, 4) is 0 Å². The van der Waals surface area contributed by atoms with Crippen LogP contribution in [0.1, 0.15) is 52.9 Å². The van der Waals surface area contributed by atoms with E-state index in [2.05, 4.69) is 31.0 Å². The number of rotatable bonds is 2. The van der Waals surface area contributed by atoms with E-state index >= 15 is 0 Å². The molecule has 0 aromatic rings. The Balaban J connectivity index is 1.88. The molecule has 2 aliphatic heterocycles. The fraction of sp³-hybridized carbons (Fsp3) is 1.00. The van der Waals surface area contributed by atoms with Crippen LogP contribution in [0.15, 0.2) is 0 Å². The van der Waals surface area contributed by atoms with Gasteiger partial charge in [-0.15, -0.1) is 0 Å². The lowest BCUT2D eigenvalue weighted by Gasteiger charge is -2.45. The molecule has 2 unspecified atom stereocenters. The standard InChI is InChI=1S/C14H28N2/c1-4-14(3)7-10-16(11-8-14)13-6-5-9-15-12(13)2/h12-13,15H,4-11H2,1-3H3. The van der Waals surface area contributed by atoms with Crippen LogP contribution >= 0.6 is 0 Å². The quantitative estimate of drug-likeness (QED) is 0.776. The van der Waals surface area contributed by atoms with Gasteiger partial charge in [-0.2, -0.15) is 0 Å². The molecule has 1 N–H and O–H groups in total. The van der Waals surface area contributed by atoms with Crippen molar-refractivity contribution in [2.24, 2.45) is 5.41 Å². The first-order valence-corrected chi connectivity index (χ1v) is 7.12. The average molecular weight is 224 g/mol. The summed E-state index contributed by atoms with van der Waals surface area (Å²) >= 11 is 0. The van der Waals surface area contributed by atoms with Crippen LogP contribution in [0.25, 0.3) is 0 Å². The lowest BCUT2D eigenvalue weighted by molar-refractivity contribution is 0.0551. The van der Waals surface area contributed by atoms with E-state index in [0.717, 1.165) is 6.04 Å². The first-order valence-electron chi connectivity index (χ1n) is 7.12. The predicted molar refractivity (Wildman–Crippen MR) is 69.7 cm³/mol. The predicted octanol–water partition coefficient (Wildman–Crippen LogP) is 2.64. The first-order chi connectivity index (χ1) is 7.64. The Morgan fingerprint density at radius 1 is 1.31 bits per heavy atom. The van der Waals surface area contributed by atoms with Gasteiger partial charge in [-0.25, -0.2) is 0 Å². The number of nitrogens with zero attached hydrogens (tertiary/aromatic N) is 1. The van der Waals surface area contributed by atoms with E-state index in [4.69, 9.17) is 0 Å². The van der Waals surface area contributed by atoms with Gasteiger partial charge < -0.3 is 5.32 Å². The highest BCUT2D eigenvalue weighted by molar-refractivity contribution is 4.90. The summed E-state index contributed by atoms with van der Waals surface area (Å²) in [7, 11) is 0. The SMILES string of the molecule is CCC1(C)CCN(C2CCCNC2C)CC1. The molecule has 0 amide bonds. The van der Waals surface area contributed by atoms with E-state index in [1.165, 1.54) is 51.7 Å². The highest BCUT2D eigenvalue weighted by Crippen LogP contribution is 2.35. The van der Waals surface area contributed by atoms with Crippen LogP contribution in [0.3, 0.4) is 0 Å². The normalized spacial score (nSPS) is 36.2. The van der Waals surface area contributed by atoms with E-state index in [9.17, 15) is 0 Å². The van der Waals surface area contributed by atoms with Gasteiger partial charge >= 0.3 is 0 Å². The molecule has 0 spiro atoms. The smallest absolute Gasteiger partial charge is 0.0247 e. The maximum absolute atomic E-state index is 3.62. The van der Waals surface area contributed by atoms with Gasteiger partial charge in [-0.3, -0.25) is 4.90 Å². The number of hydrogen-bond acceptors (Lipinski definition) is 2. The Kier molecular flexibility index (Phi) is 3.91. The molecule has 2 heterocycles. The molecule has 0 aromatic heterocycles. The molecule has 2 fully saturated rings. The van der Waals surface area contributed by atoms with Crippen molar-refractivity contribution < 1.29 is 0 Å². The summed E-state index contributed by atoms with van der Waals surface area (Å²) < 4.78 is 0. The van der Waals surface area contributed by atoms with Gasteiger partial charge in [0.15, 0.2) is 0 Å². The molecule has 2 aliphatic rings. The van der Waals surface area contributed by atoms with Crippen molar-refractivity contribution >= 4 is 0 Å². The topological polar surface area (TPSA) is 15.3 Å². The summed E-state index contributed by atoms with van der Waals surface area (Å²) in [6, 6.07) is 1.50. The zero-order valence-electron chi connectivity index (χ0n) is 11.3. The van der Waals surface area contributed by atoms with Crippen LogP contribution in [0, 0.1) is 5.41 Å². The van der Waals surface area contributed by atoms with E-state index < -0.39 is 0 Å². The zero-order valence-corrected chi connectivity index (χ0v) is 11.3. The van der Waals surface area contributed by atoms with Gasteiger partial charge in [0, 0.05) is 12.1 Å². The van der Waals surface area contributed by atoms with Gasteiger partial charge in [0.1, 0.15) is 0 Å². The summed E-state index contributed by atoms with van der Waals surface area (Å²) in [4.78, 5) is 2.74. The van der Waals surface area contributed by atoms with E-state index in [0.29, 0.717) is 11.5 Å². The van der Waals surface area contributed by atoms with Crippen molar-refractivity contribution in [1.29, 1.82) is 0 Å². The molecule has 2 heteroatoms. The van der Waals surface area contributed by atoms with E-state index in [1.54, 1.807) is 0 Å². The Hall–Kier alpha value is -0.0800. The molecule has 2 atom stereocenters. The third-order valence-electron chi connectivity index (χ3n) is 5.05. The molecule has 0 saturated carbocycles. The molecule has 2 nitrogen and oxygen atoms in total. The molecule has 0 radical (unpaired) electrons. The lowest BCUT2D eigenvalue weighted by Crippen LogP contribution is -2.55. The van der Waals surface area contributed by atoms with E-state index in [-0.39, 0.29) is 0 Å².